The van der Waals surface area contributed by atoms with Gasteiger partial charge in [0.2, 0.25) is 5.91 Å². The smallest absolute Gasteiger partial charge is 0.320 e. The molecule has 1 aliphatic rings. The molecule has 0 radical (unpaired) electrons. The van der Waals surface area contributed by atoms with E-state index in [0.717, 1.165) is 0 Å². The van der Waals surface area contributed by atoms with Crippen molar-refractivity contribution in [1.82, 2.24) is 15.1 Å². The van der Waals surface area contributed by atoms with Gasteiger partial charge in [-0.25, -0.2) is 4.79 Å². The van der Waals surface area contributed by atoms with Crippen LogP contribution in [0.1, 0.15) is 20.8 Å². The molecule has 1 fully saturated rings. The zero-order chi connectivity index (χ0) is 13.9. The molecule has 6 nitrogen and oxygen atoms in total. The van der Waals surface area contributed by atoms with Gasteiger partial charge in [-0.1, -0.05) is 13.8 Å². The number of rotatable bonds is 5. The monoisotopic (exact) mass is 255 g/mol. The van der Waals surface area contributed by atoms with E-state index in [1.807, 2.05) is 13.8 Å². The second-order valence-corrected chi connectivity index (χ2v) is 5.03. The predicted octanol–water partition coefficient (Wildman–Crippen LogP) is 0.0836. The van der Waals surface area contributed by atoms with Crippen LogP contribution in [-0.4, -0.2) is 60.2 Å². The van der Waals surface area contributed by atoms with E-state index >= 15 is 0 Å². The lowest BCUT2D eigenvalue weighted by atomic mass is 10.0. The van der Waals surface area contributed by atoms with Crippen molar-refractivity contribution in [2.24, 2.45) is 5.92 Å². The van der Waals surface area contributed by atoms with Gasteiger partial charge in [-0.15, -0.1) is 0 Å². The van der Waals surface area contributed by atoms with E-state index in [0.29, 0.717) is 13.1 Å². The van der Waals surface area contributed by atoms with Gasteiger partial charge in [0.05, 0.1) is 6.04 Å². The minimum absolute atomic E-state index is 0.0136. The van der Waals surface area contributed by atoms with Crippen LogP contribution in [0.2, 0.25) is 0 Å². The lowest BCUT2D eigenvalue weighted by molar-refractivity contribution is -0.128. The van der Waals surface area contributed by atoms with Crippen LogP contribution >= 0.6 is 0 Å². The number of hydrogen-bond donors (Lipinski definition) is 1. The number of likely N-dealkylation sites (N-methyl/N-ethyl adjacent to an activating group) is 1. The third kappa shape index (κ3) is 3.45. The van der Waals surface area contributed by atoms with Crippen LogP contribution in [0, 0.1) is 5.92 Å². The molecule has 3 amide bonds. The Hall–Kier alpha value is -1.59. The summed E-state index contributed by atoms with van der Waals surface area (Å²) < 4.78 is 0. The van der Waals surface area contributed by atoms with Gasteiger partial charge in [-0.3, -0.25) is 9.59 Å². The zero-order valence-corrected chi connectivity index (χ0v) is 11.4. The van der Waals surface area contributed by atoms with Gasteiger partial charge < -0.3 is 15.1 Å². The lowest BCUT2D eigenvalue weighted by Gasteiger charge is -2.21. The Morgan fingerprint density at radius 2 is 1.94 bits per heavy atom. The van der Waals surface area contributed by atoms with Gasteiger partial charge in [0, 0.05) is 20.1 Å². The first kappa shape index (κ1) is 14.5. The molecule has 0 aliphatic carbocycles. The molecule has 0 aromatic heterocycles. The maximum Gasteiger partial charge on any atom is 0.320 e. The quantitative estimate of drug-likeness (QED) is 0.756. The van der Waals surface area contributed by atoms with Gasteiger partial charge in [0.25, 0.3) is 0 Å². The third-order valence-corrected chi connectivity index (χ3v) is 3.06. The molecule has 1 N–H and O–H groups in total. The third-order valence-electron chi connectivity index (χ3n) is 3.06. The summed E-state index contributed by atoms with van der Waals surface area (Å²) in [7, 11) is 1.70. The summed E-state index contributed by atoms with van der Waals surface area (Å²) in [4.78, 5) is 37.8. The van der Waals surface area contributed by atoms with Crippen LogP contribution < -0.4 is 5.32 Å². The fourth-order valence-corrected chi connectivity index (χ4v) is 1.98. The van der Waals surface area contributed by atoms with E-state index in [1.54, 1.807) is 11.9 Å². The van der Waals surface area contributed by atoms with Crippen LogP contribution in [0.5, 0.6) is 0 Å². The van der Waals surface area contributed by atoms with Crippen molar-refractivity contribution in [3.05, 3.63) is 0 Å². The summed E-state index contributed by atoms with van der Waals surface area (Å²) >= 11 is 0. The summed E-state index contributed by atoms with van der Waals surface area (Å²) in [6.45, 7) is 6.41. The molecule has 6 heteroatoms. The highest BCUT2D eigenvalue weighted by atomic mass is 16.2. The van der Waals surface area contributed by atoms with E-state index in [1.165, 1.54) is 11.8 Å². The number of nitrogens with zero attached hydrogens (tertiary/aromatic N) is 2. The molecule has 1 aliphatic heterocycles. The van der Waals surface area contributed by atoms with Crippen LogP contribution in [0.25, 0.3) is 0 Å². The van der Waals surface area contributed by atoms with Crippen molar-refractivity contribution in [1.29, 1.82) is 0 Å². The van der Waals surface area contributed by atoms with Crippen LogP contribution in [0.15, 0.2) is 0 Å². The normalized spacial score (nSPS) is 17.3. The topological polar surface area (TPSA) is 69.7 Å². The molecule has 1 heterocycles. The molecular formula is C12H21N3O3. The highest BCUT2D eigenvalue weighted by molar-refractivity contribution is 5.90. The van der Waals surface area contributed by atoms with Gasteiger partial charge in [0.15, 0.2) is 5.78 Å². The predicted molar refractivity (Wildman–Crippen MR) is 67.0 cm³/mol. The molecule has 0 aromatic carbocycles. The Labute approximate surface area is 107 Å². The Morgan fingerprint density at radius 1 is 1.33 bits per heavy atom. The zero-order valence-electron chi connectivity index (χ0n) is 11.4. The van der Waals surface area contributed by atoms with Gasteiger partial charge in [0.1, 0.15) is 6.54 Å². The Bertz CT molecular complexity index is 354. The number of ketones is 1. The number of amides is 3. The number of urea groups is 1. The number of nitrogens with one attached hydrogen (secondary N) is 1. The maximum absolute atomic E-state index is 11.8. The minimum atomic E-state index is -0.479. The first-order chi connectivity index (χ1) is 8.32. The van der Waals surface area contributed by atoms with E-state index in [-0.39, 0.29) is 30.2 Å². The Kier molecular flexibility index (Phi) is 4.69. The van der Waals surface area contributed by atoms with Crippen LogP contribution in [0.3, 0.4) is 0 Å². The van der Waals surface area contributed by atoms with Crippen molar-refractivity contribution in [3.8, 4) is 0 Å². The van der Waals surface area contributed by atoms with Crippen molar-refractivity contribution in [2.75, 3.05) is 26.7 Å². The number of carbonyl (C=O) groups is 3. The average Bonchev–Trinajstić information content (AvgIpc) is 2.57. The fraction of sp³-hybridized carbons (Fsp3) is 0.750. The number of Topliss-reactive ketones (excluding diaryl/α,β-unsaturated/α-hetero) is 1. The number of carbonyl (C=O) groups excluding carboxylic acids is 3. The van der Waals surface area contributed by atoms with Crippen LogP contribution in [-0.2, 0) is 9.59 Å². The first-order valence-electron chi connectivity index (χ1n) is 6.12. The summed E-state index contributed by atoms with van der Waals surface area (Å²) in [5, 5.41) is 2.68. The van der Waals surface area contributed by atoms with Gasteiger partial charge in [-0.05, 0) is 12.8 Å². The maximum atomic E-state index is 11.8. The Morgan fingerprint density at radius 3 is 2.33 bits per heavy atom. The average molecular weight is 255 g/mol. The highest BCUT2D eigenvalue weighted by Gasteiger charge is 2.28. The van der Waals surface area contributed by atoms with E-state index in [2.05, 4.69) is 5.32 Å². The molecule has 0 aromatic rings. The summed E-state index contributed by atoms with van der Waals surface area (Å²) in [5.74, 6) is -0.306. The summed E-state index contributed by atoms with van der Waals surface area (Å²) in [6.07, 6.45) is 0. The second-order valence-electron chi connectivity index (χ2n) is 5.03. The molecular weight excluding hydrogens is 234 g/mol. The lowest BCUT2D eigenvalue weighted by Crippen LogP contribution is -2.47. The molecule has 0 spiro atoms. The van der Waals surface area contributed by atoms with Crippen molar-refractivity contribution >= 4 is 17.7 Å². The van der Waals surface area contributed by atoms with Crippen LogP contribution in [0.4, 0.5) is 4.79 Å². The molecule has 0 bridgehead atoms. The SMILES string of the molecule is CC(=O)C(NC(=O)CN1CCN(C)C1=O)C(C)C. The molecule has 102 valence electrons. The van der Waals surface area contributed by atoms with Gasteiger partial charge >= 0.3 is 6.03 Å². The van der Waals surface area contributed by atoms with Crippen molar-refractivity contribution in [2.45, 2.75) is 26.8 Å². The van der Waals surface area contributed by atoms with Gasteiger partial charge in [-0.2, -0.15) is 0 Å². The molecule has 1 rings (SSSR count). The Balaban J connectivity index is 2.51. The standard InChI is InChI=1S/C12H21N3O3/c1-8(2)11(9(3)16)13-10(17)7-15-6-5-14(4)12(15)18/h8,11H,5-7H2,1-4H3,(H,13,17). The molecule has 1 saturated heterocycles. The van der Waals surface area contributed by atoms with E-state index in [9.17, 15) is 14.4 Å². The van der Waals surface area contributed by atoms with Crippen molar-refractivity contribution in [3.63, 3.8) is 0 Å². The largest absolute Gasteiger partial charge is 0.345 e. The van der Waals surface area contributed by atoms with Crippen molar-refractivity contribution < 1.29 is 14.4 Å². The molecule has 0 saturated carbocycles. The van der Waals surface area contributed by atoms with E-state index < -0.39 is 6.04 Å². The van der Waals surface area contributed by atoms with E-state index in [4.69, 9.17) is 0 Å². The molecule has 18 heavy (non-hydrogen) atoms. The number of hydrogen-bond acceptors (Lipinski definition) is 3. The summed E-state index contributed by atoms with van der Waals surface area (Å²) in [6, 6.07) is -0.623. The second kappa shape index (κ2) is 5.84. The first-order valence-corrected chi connectivity index (χ1v) is 6.12. The minimum Gasteiger partial charge on any atom is -0.345 e. The molecule has 1 atom stereocenters. The molecule has 1 unspecified atom stereocenters. The summed E-state index contributed by atoms with van der Waals surface area (Å²) in [5.41, 5.74) is 0. The highest BCUT2D eigenvalue weighted by Crippen LogP contribution is 2.06. The fourth-order valence-electron chi connectivity index (χ4n) is 1.98.